The van der Waals surface area contributed by atoms with Crippen molar-refractivity contribution in [3.05, 3.63) is 60.8 Å². The average Bonchev–Trinajstić information content (AvgIpc) is 3.24. The number of hydrogen-bond acceptors (Lipinski definition) is 12. The number of rotatable bonds is 37. The van der Waals surface area contributed by atoms with Crippen LogP contribution in [0.5, 0.6) is 0 Å². The molecule has 7 unspecified atom stereocenters. The van der Waals surface area contributed by atoms with Gasteiger partial charge in [0.05, 0.1) is 6.61 Å². The zero-order chi connectivity index (χ0) is 45.0. The van der Waals surface area contributed by atoms with Crippen LogP contribution in [0.25, 0.3) is 0 Å². The third-order valence-electron chi connectivity index (χ3n) is 10.4. The van der Waals surface area contributed by atoms with E-state index in [1.54, 1.807) is 0 Å². The Morgan fingerprint density at radius 1 is 0.525 bits per heavy atom. The first kappa shape index (κ1) is 56.6. The summed E-state index contributed by atoms with van der Waals surface area (Å²) >= 11 is 0. The minimum atomic E-state index is -5.13. The summed E-state index contributed by atoms with van der Waals surface area (Å²) in [5.74, 6) is -1.13. The summed E-state index contributed by atoms with van der Waals surface area (Å²) in [5.41, 5.74) is 0. The van der Waals surface area contributed by atoms with Crippen LogP contribution in [0, 0.1) is 0 Å². The van der Waals surface area contributed by atoms with Gasteiger partial charge in [-0.1, -0.05) is 158 Å². The molecule has 0 aromatic rings. The summed E-state index contributed by atoms with van der Waals surface area (Å²) in [6.07, 6.45) is 31.3. The molecule has 1 saturated carbocycles. The zero-order valence-corrected chi connectivity index (χ0v) is 38.1. The van der Waals surface area contributed by atoms with Crippen molar-refractivity contribution in [1.29, 1.82) is 0 Å². The molecule has 0 radical (unpaired) electrons. The standard InChI is InChI=1S/C47H81O13P/c1-3-5-7-9-11-13-15-17-18-19-20-21-22-24-25-27-29-31-33-35-40(48)57-37-39(38-58-61(55,56)60-47-45(53)43(51)42(50)44(52)46(47)54)59-41(49)36-34-32-30-28-26-23-16-14-12-10-8-6-4-2/h6,8,10-17,39,42-47,50-54H,3-5,7,9,18-38H2,1-2H3,(H,55,56)/b8-6+,12-10+,13-11+,16-14+,17-15+/t39?,42?,43-,44?,45?,46?,47?/m0/s1. The molecule has 1 fully saturated rings. The Balaban J connectivity index is 2.44. The van der Waals surface area contributed by atoms with Gasteiger partial charge in [0.15, 0.2) is 6.10 Å². The fraction of sp³-hybridized carbons (Fsp3) is 0.745. The van der Waals surface area contributed by atoms with E-state index in [1.165, 1.54) is 51.4 Å². The Kier molecular flexibility index (Phi) is 34.3. The van der Waals surface area contributed by atoms with Crippen molar-refractivity contribution in [2.75, 3.05) is 13.2 Å². The van der Waals surface area contributed by atoms with Crippen molar-refractivity contribution in [2.45, 2.75) is 211 Å². The summed E-state index contributed by atoms with van der Waals surface area (Å²) in [6, 6.07) is 0. The molecule has 0 heterocycles. The van der Waals surface area contributed by atoms with E-state index in [-0.39, 0.29) is 12.8 Å². The van der Waals surface area contributed by atoms with Crippen molar-refractivity contribution in [2.24, 2.45) is 0 Å². The largest absolute Gasteiger partial charge is 0.472 e. The number of carbonyl (C=O) groups is 2. The van der Waals surface area contributed by atoms with Crippen LogP contribution in [-0.4, -0.2) is 98.3 Å². The molecule has 6 N–H and O–H groups in total. The number of allylic oxidation sites excluding steroid dienone is 10. The number of esters is 2. The number of ether oxygens (including phenoxy) is 2. The van der Waals surface area contributed by atoms with E-state index < -0.39 is 75.7 Å². The zero-order valence-electron chi connectivity index (χ0n) is 37.2. The summed E-state index contributed by atoms with van der Waals surface area (Å²) in [5, 5.41) is 50.1. The van der Waals surface area contributed by atoms with Crippen LogP contribution in [0.4, 0.5) is 0 Å². The number of carbonyl (C=O) groups excluding carboxylic acids is 2. The van der Waals surface area contributed by atoms with Gasteiger partial charge in [0, 0.05) is 12.8 Å². The Labute approximate surface area is 366 Å². The molecule has 14 heteroatoms. The van der Waals surface area contributed by atoms with Gasteiger partial charge in [0.1, 0.15) is 43.2 Å². The first-order valence-corrected chi connectivity index (χ1v) is 24.6. The lowest BCUT2D eigenvalue weighted by atomic mass is 9.85. The van der Waals surface area contributed by atoms with Gasteiger partial charge in [-0.2, -0.15) is 0 Å². The Hall–Kier alpha value is -2.45. The summed E-state index contributed by atoms with van der Waals surface area (Å²) in [4.78, 5) is 35.7. The van der Waals surface area contributed by atoms with Gasteiger partial charge in [-0.25, -0.2) is 4.57 Å². The van der Waals surface area contributed by atoms with Crippen molar-refractivity contribution < 1.29 is 63.1 Å². The molecule has 1 rings (SSSR count). The molecule has 0 bridgehead atoms. The van der Waals surface area contributed by atoms with Crippen molar-refractivity contribution in [3.8, 4) is 0 Å². The molecule has 61 heavy (non-hydrogen) atoms. The highest BCUT2D eigenvalue weighted by Gasteiger charge is 2.51. The maximum absolute atomic E-state index is 12.8. The molecule has 1 aliphatic rings. The Morgan fingerprint density at radius 2 is 0.934 bits per heavy atom. The van der Waals surface area contributed by atoms with E-state index in [0.717, 1.165) is 77.0 Å². The maximum Gasteiger partial charge on any atom is 0.472 e. The van der Waals surface area contributed by atoms with Crippen LogP contribution in [0.1, 0.15) is 168 Å². The number of aliphatic hydroxyl groups is 5. The predicted molar refractivity (Wildman–Crippen MR) is 239 cm³/mol. The van der Waals surface area contributed by atoms with Gasteiger partial charge in [-0.05, 0) is 57.8 Å². The molecule has 0 spiro atoms. The molecule has 0 aromatic carbocycles. The lowest BCUT2D eigenvalue weighted by molar-refractivity contribution is -0.220. The highest BCUT2D eigenvalue weighted by Crippen LogP contribution is 2.47. The van der Waals surface area contributed by atoms with Gasteiger partial charge in [-0.3, -0.25) is 18.6 Å². The van der Waals surface area contributed by atoms with Gasteiger partial charge >= 0.3 is 19.8 Å². The number of unbranched alkanes of at least 4 members (excludes halogenated alkanes) is 18. The third kappa shape index (κ3) is 29.5. The Morgan fingerprint density at radius 3 is 1.43 bits per heavy atom. The van der Waals surface area contributed by atoms with E-state index in [2.05, 4.69) is 50.3 Å². The molecule has 8 atom stereocenters. The van der Waals surface area contributed by atoms with Crippen LogP contribution < -0.4 is 0 Å². The fourth-order valence-corrected chi connectivity index (χ4v) is 7.66. The van der Waals surface area contributed by atoms with Crippen molar-refractivity contribution >= 4 is 19.8 Å². The molecule has 0 aromatic heterocycles. The van der Waals surface area contributed by atoms with Gasteiger partial charge < -0.3 is 39.9 Å². The first-order valence-electron chi connectivity index (χ1n) is 23.1. The lowest BCUT2D eigenvalue weighted by Crippen LogP contribution is -2.64. The lowest BCUT2D eigenvalue weighted by Gasteiger charge is -2.41. The van der Waals surface area contributed by atoms with Crippen LogP contribution in [0.2, 0.25) is 0 Å². The molecular formula is C47H81O13P. The summed E-state index contributed by atoms with van der Waals surface area (Å²) in [7, 11) is -5.13. The molecule has 0 aliphatic heterocycles. The molecule has 1 aliphatic carbocycles. The number of hydrogen-bond donors (Lipinski definition) is 6. The van der Waals surface area contributed by atoms with Gasteiger partial charge in [0.25, 0.3) is 0 Å². The number of phosphoric ester groups is 1. The predicted octanol–water partition coefficient (Wildman–Crippen LogP) is 8.94. The first-order chi connectivity index (χ1) is 29.4. The third-order valence-corrected chi connectivity index (χ3v) is 11.4. The normalized spacial score (nSPS) is 22.6. The van der Waals surface area contributed by atoms with E-state index in [4.69, 9.17) is 18.5 Å². The van der Waals surface area contributed by atoms with Crippen LogP contribution in [0.3, 0.4) is 0 Å². The molecule has 13 nitrogen and oxygen atoms in total. The monoisotopic (exact) mass is 885 g/mol. The van der Waals surface area contributed by atoms with Crippen molar-refractivity contribution in [1.82, 2.24) is 0 Å². The molecular weight excluding hydrogens is 803 g/mol. The number of phosphoric acid groups is 1. The minimum Gasteiger partial charge on any atom is -0.462 e. The minimum absolute atomic E-state index is 0.0707. The fourth-order valence-electron chi connectivity index (χ4n) is 6.69. The SMILES string of the molecule is CC/C=C/C=C/C=C/CCCCCCCC(=O)OC(COC(=O)CCCCCCCCCCCC/C=C/C=C/CCCCC)COP(=O)(O)OC1C(O)C(O)C(O)[C@H](O)C1O. The molecule has 0 amide bonds. The molecule has 352 valence electrons. The topological polar surface area (TPSA) is 210 Å². The second-order valence-electron chi connectivity index (χ2n) is 16.0. The quantitative estimate of drug-likeness (QED) is 0.0149. The number of aliphatic hydroxyl groups excluding tert-OH is 5. The second kappa shape index (κ2) is 37.0. The van der Waals surface area contributed by atoms with Gasteiger partial charge in [0.2, 0.25) is 0 Å². The molecule has 0 saturated heterocycles. The second-order valence-corrected chi connectivity index (χ2v) is 17.4. The average molecular weight is 885 g/mol. The van der Waals surface area contributed by atoms with Gasteiger partial charge in [-0.15, -0.1) is 0 Å². The van der Waals surface area contributed by atoms with E-state index in [9.17, 15) is 44.6 Å². The maximum atomic E-state index is 12.8. The van der Waals surface area contributed by atoms with E-state index in [0.29, 0.717) is 12.8 Å². The summed E-state index contributed by atoms with van der Waals surface area (Å²) < 4.78 is 33.5. The van der Waals surface area contributed by atoms with E-state index >= 15 is 0 Å². The van der Waals surface area contributed by atoms with Crippen LogP contribution in [-0.2, 0) is 32.7 Å². The summed E-state index contributed by atoms with van der Waals surface area (Å²) in [6.45, 7) is 3.11. The van der Waals surface area contributed by atoms with Crippen LogP contribution in [0.15, 0.2) is 60.8 Å². The highest BCUT2D eigenvalue weighted by molar-refractivity contribution is 7.47. The van der Waals surface area contributed by atoms with E-state index in [1.807, 2.05) is 24.3 Å². The smallest absolute Gasteiger partial charge is 0.462 e. The highest BCUT2D eigenvalue weighted by atomic mass is 31.2. The van der Waals surface area contributed by atoms with Crippen LogP contribution >= 0.6 is 7.82 Å². The Bertz CT molecular complexity index is 1300. The van der Waals surface area contributed by atoms with Crippen molar-refractivity contribution in [3.63, 3.8) is 0 Å².